The molecular formula is C6H4B11. The fraction of sp³-hybridized carbons (Fsp3) is 0. The molecule has 1 heterocycles. The maximum Gasteiger partial charge on any atom is 0.0960 e. The van der Waals surface area contributed by atoms with Crippen molar-refractivity contribution in [3.05, 3.63) is 24.3 Å². The highest BCUT2D eigenvalue weighted by molar-refractivity contribution is 8.00. The van der Waals surface area contributed by atoms with Crippen molar-refractivity contribution in [3.63, 3.8) is 0 Å². The summed E-state index contributed by atoms with van der Waals surface area (Å²) in [5, 5.41) is 0. The fourth-order valence-electron chi connectivity index (χ4n) is 2.55. The van der Waals surface area contributed by atoms with Gasteiger partial charge in [0.1, 0.15) is 0 Å². The predicted molar refractivity (Wildman–Crippen MR) is 89.0 cm³/mol. The number of fused-ring (bicyclic) bond motifs is 1. The van der Waals surface area contributed by atoms with E-state index in [-0.39, 0.29) is 25.6 Å². The van der Waals surface area contributed by atoms with E-state index in [0.29, 0.717) is 0 Å². The third-order valence-corrected chi connectivity index (χ3v) is 3.45. The molecule has 1 aromatic carbocycles. The van der Waals surface area contributed by atoms with E-state index in [0.717, 1.165) is 0 Å². The first-order chi connectivity index (χ1) is 8.19. The lowest BCUT2D eigenvalue weighted by atomic mass is 8.59. The minimum absolute atomic E-state index is 0.103. The van der Waals surface area contributed by atoms with Crippen LogP contribution in [0.25, 0.3) is 0 Å². The van der Waals surface area contributed by atoms with Gasteiger partial charge in [-0.1, -0.05) is 24.3 Å². The van der Waals surface area contributed by atoms with Crippen LogP contribution in [0, 0.1) is 0 Å². The molecule has 1 aliphatic heterocycles. The maximum absolute atomic E-state index is 6.07. The van der Waals surface area contributed by atoms with Gasteiger partial charge in [-0.25, -0.2) is 0 Å². The molecular weight excluding hydrogens is 191 g/mol. The van der Waals surface area contributed by atoms with E-state index in [2.05, 4.69) is 19.3 Å². The molecule has 0 bridgehead atoms. The first-order valence-electron chi connectivity index (χ1n) is 5.74. The summed E-state index contributed by atoms with van der Waals surface area (Å²) in [6, 6.07) is 8.14. The second-order valence-corrected chi connectivity index (χ2v) is 4.44. The van der Waals surface area contributed by atoms with Crippen molar-refractivity contribution >= 4 is 88.8 Å². The minimum Gasteiger partial charge on any atom is -0.106 e. The SMILES string of the molecule is [B][B]B([B])B1[B]c2ccccc2B1B([B])[B][B]. The van der Waals surface area contributed by atoms with Gasteiger partial charge in [0, 0.05) is 64.2 Å². The average Bonchev–Trinajstić information content (AvgIpc) is 2.76. The standard InChI is InChI=1S/C6H4B11/c7-12-15(9)14-6-4-2-1-3-5(6)11-17(14)16(10)13-8/h1-4H. The lowest BCUT2D eigenvalue weighted by Crippen LogP contribution is -2.65. The summed E-state index contributed by atoms with van der Waals surface area (Å²) in [7, 11) is 28.4. The Morgan fingerprint density at radius 2 is 1.71 bits per heavy atom. The van der Waals surface area contributed by atoms with Crippen molar-refractivity contribution in [2.45, 2.75) is 0 Å². The zero-order valence-electron chi connectivity index (χ0n) is 9.66. The fourth-order valence-corrected chi connectivity index (χ4v) is 2.55. The maximum atomic E-state index is 6.07. The van der Waals surface area contributed by atoms with Crippen molar-refractivity contribution in [3.8, 4) is 0 Å². The van der Waals surface area contributed by atoms with Crippen LogP contribution in [0.4, 0.5) is 0 Å². The van der Waals surface area contributed by atoms with E-state index < -0.39 is 0 Å². The molecule has 0 amide bonds. The monoisotopic (exact) mass is 197 g/mol. The summed E-state index contributed by atoms with van der Waals surface area (Å²) in [5.41, 5.74) is 2.38. The Labute approximate surface area is 113 Å². The summed E-state index contributed by atoms with van der Waals surface area (Å²) in [6.45, 7) is 0.103. The van der Waals surface area contributed by atoms with E-state index in [4.69, 9.17) is 30.9 Å². The Balaban J connectivity index is 2.33. The van der Waals surface area contributed by atoms with Crippen molar-refractivity contribution in [1.29, 1.82) is 0 Å². The summed E-state index contributed by atoms with van der Waals surface area (Å²) in [4.78, 5) is 0. The minimum atomic E-state index is -0.217. The topological polar surface area (TPSA) is 0 Å². The largest absolute Gasteiger partial charge is 0.106 e. The number of hydrogen-bond acceptors (Lipinski definition) is 0. The van der Waals surface area contributed by atoms with Gasteiger partial charge in [0.15, 0.2) is 0 Å². The van der Waals surface area contributed by atoms with E-state index in [1.807, 2.05) is 12.1 Å². The van der Waals surface area contributed by atoms with Gasteiger partial charge in [0.25, 0.3) is 0 Å². The number of hydrogen-bond donors (Lipinski definition) is 0. The van der Waals surface area contributed by atoms with Crippen molar-refractivity contribution < 1.29 is 0 Å². The second-order valence-electron chi connectivity index (χ2n) is 4.44. The summed E-state index contributed by atoms with van der Waals surface area (Å²) < 4.78 is 0. The zero-order chi connectivity index (χ0) is 12.4. The molecule has 2 rings (SSSR count). The lowest BCUT2D eigenvalue weighted by molar-refractivity contribution is 1.82. The molecule has 0 aliphatic carbocycles. The Bertz CT molecular complexity index is 382. The molecule has 0 saturated carbocycles. The first kappa shape index (κ1) is 13.4. The summed E-state index contributed by atoms with van der Waals surface area (Å²) in [5.74, 6) is 0. The van der Waals surface area contributed by atoms with Crippen LogP contribution in [0.15, 0.2) is 24.3 Å². The quantitative estimate of drug-likeness (QED) is 0.428. The molecule has 0 saturated heterocycles. The van der Waals surface area contributed by atoms with Gasteiger partial charge < -0.3 is 0 Å². The van der Waals surface area contributed by atoms with Crippen LogP contribution < -0.4 is 10.9 Å². The molecule has 0 unspecified atom stereocenters. The molecule has 1 aliphatic rings. The van der Waals surface area contributed by atoms with Gasteiger partial charge in [-0.15, -0.1) is 10.9 Å². The Kier molecular flexibility index (Phi) is 4.49. The smallest absolute Gasteiger partial charge is 0.0960 e. The van der Waals surface area contributed by atoms with Crippen LogP contribution >= 0.6 is 0 Å². The average molecular weight is 195 g/mol. The summed E-state index contributed by atoms with van der Waals surface area (Å²) in [6.07, 6.45) is -0.323. The third kappa shape index (κ3) is 2.54. The summed E-state index contributed by atoms with van der Waals surface area (Å²) >= 11 is 0. The highest BCUT2D eigenvalue weighted by Crippen LogP contribution is 2.03. The van der Waals surface area contributed by atoms with Crippen molar-refractivity contribution in [2.75, 3.05) is 0 Å². The molecule has 17 heavy (non-hydrogen) atoms. The number of rotatable bonds is 4. The van der Waals surface area contributed by atoms with Crippen molar-refractivity contribution in [2.24, 2.45) is 0 Å². The van der Waals surface area contributed by atoms with Crippen LogP contribution in [0.1, 0.15) is 0 Å². The molecule has 61 valence electrons. The third-order valence-electron chi connectivity index (χ3n) is 3.45. The highest BCUT2D eigenvalue weighted by atomic mass is 13.9. The van der Waals surface area contributed by atoms with Gasteiger partial charge >= 0.3 is 0 Å². The molecule has 0 aromatic heterocycles. The van der Waals surface area contributed by atoms with Gasteiger partial charge in [0.05, 0.1) is 13.7 Å². The first-order valence-corrected chi connectivity index (χ1v) is 5.74. The predicted octanol–water partition coefficient (Wildman–Crippen LogP) is -4.15. The Morgan fingerprint density at radius 3 is 2.35 bits per heavy atom. The van der Waals surface area contributed by atoms with E-state index in [1.54, 1.807) is 0 Å². The van der Waals surface area contributed by atoms with Crippen LogP contribution in [0.2, 0.25) is 0 Å². The Hall–Kier alpha value is -0.0657. The molecule has 11 radical (unpaired) electrons. The van der Waals surface area contributed by atoms with Crippen LogP contribution in [-0.4, -0.2) is 77.9 Å². The van der Waals surface area contributed by atoms with Crippen molar-refractivity contribution in [1.82, 2.24) is 0 Å². The highest BCUT2D eigenvalue weighted by Gasteiger charge is 2.41. The van der Waals surface area contributed by atoms with Gasteiger partial charge in [-0.3, -0.25) is 0 Å². The normalized spacial score (nSPS) is 12.7. The molecule has 1 aromatic rings. The molecule has 0 atom stereocenters. The lowest BCUT2D eigenvalue weighted by Gasteiger charge is -2.24. The molecule has 0 nitrogen and oxygen atoms in total. The van der Waals surface area contributed by atoms with Crippen LogP contribution in [0.3, 0.4) is 0 Å². The molecule has 0 fully saturated rings. The molecule has 11 heteroatoms. The molecule has 0 N–H and O–H groups in total. The van der Waals surface area contributed by atoms with E-state index in [9.17, 15) is 0 Å². The van der Waals surface area contributed by atoms with Gasteiger partial charge in [0.2, 0.25) is 0 Å². The molecule has 0 spiro atoms. The van der Waals surface area contributed by atoms with E-state index >= 15 is 0 Å². The number of benzene rings is 1. The van der Waals surface area contributed by atoms with Crippen LogP contribution in [-0.2, 0) is 0 Å². The van der Waals surface area contributed by atoms with E-state index in [1.165, 1.54) is 25.0 Å². The Morgan fingerprint density at radius 1 is 1.06 bits per heavy atom. The van der Waals surface area contributed by atoms with Gasteiger partial charge in [-0.2, -0.15) is 0 Å². The van der Waals surface area contributed by atoms with Crippen LogP contribution in [0.5, 0.6) is 0 Å². The zero-order valence-corrected chi connectivity index (χ0v) is 9.66. The second kappa shape index (κ2) is 5.72. The van der Waals surface area contributed by atoms with Gasteiger partial charge in [-0.05, 0) is 0 Å².